The maximum Gasteiger partial charge on any atom is 0.0611 e. The van der Waals surface area contributed by atoms with Gasteiger partial charge in [0.15, 0.2) is 0 Å². The monoisotopic (exact) mass is 344 g/mol. The van der Waals surface area contributed by atoms with Crippen LogP contribution in [0, 0.1) is 6.92 Å². The fourth-order valence-electron chi connectivity index (χ4n) is 4.29. The predicted octanol–water partition coefficient (Wildman–Crippen LogP) is 4.92. The summed E-state index contributed by atoms with van der Waals surface area (Å²) >= 11 is 0. The molecule has 1 fully saturated rings. The van der Waals surface area contributed by atoms with E-state index in [1.807, 2.05) is 0 Å². The zero-order valence-electron chi connectivity index (χ0n) is 15.9. The second-order valence-electron chi connectivity index (χ2n) is 7.74. The maximum absolute atomic E-state index is 3.63. The molecule has 2 nitrogen and oxygen atoms in total. The van der Waals surface area contributed by atoms with Crippen molar-refractivity contribution in [2.45, 2.75) is 38.9 Å². The molecule has 0 amide bonds. The molecule has 3 atom stereocenters. The van der Waals surface area contributed by atoms with Crippen molar-refractivity contribution in [2.24, 2.45) is 0 Å². The summed E-state index contributed by atoms with van der Waals surface area (Å²) < 4.78 is 0. The summed E-state index contributed by atoms with van der Waals surface area (Å²) in [6.45, 7) is 8.91. The first-order valence-corrected chi connectivity index (χ1v) is 9.67. The fraction of sp³-hybridized carbons (Fsp3) is 0.333. The largest absolute Gasteiger partial charge is 0.311 e. The van der Waals surface area contributed by atoms with Crippen LogP contribution in [-0.4, -0.2) is 30.1 Å². The number of rotatable bonds is 3. The van der Waals surface area contributed by atoms with Gasteiger partial charge in [0.2, 0.25) is 0 Å². The van der Waals surface area contributed by atoms with E-state index in [4.69, 9.17) is 0 Å². The average molecular weight is 345 g/mol. The minimum atomic E-state index is 0.278. The summed E-state index contributed by atoms with van der Waals surface area (Å²) in [6.07, 6.45) is 0. The average Bonchev–Trinajstić information content (AvgIpc) is 2.65. The molecule has 0 saturated carbocycles. The highest BCUT2D eigenvalue weighted by Gasteiger charge is 2.31. The standard InChI is InChI=1S/C24H28N2/c1-17-8-6-11-21(14-17)24(26-16-18(2)25-15-19(26)3)23-13-7-10-20-9-4-5-12-22(20)23/h4-14,18-19,24-25H,15-16H2,1-3H3. The van der Waals surface area contributed by atoms with Gasteiger partial charge in [0.05, 0.1) is 6.04 Å². The molecule has 1 saturated heterocycles. The third kappa shape index (κ3) is 3.27. The Morgan fingerprint density at radius 2 is 1.73 bits per heavy atom. The van der Waals surface area contributed by atoms with Gasteiger partial charge < -0.3 is 5.32 Å². The van der Waals surface area contributed by atoms with E-state index in [0.717, 1.165) is 13.1 Å². The molecule has 0 radical (unpaired) electrons. The molecule has 134 valence electrons. The van der Waals surface area contributed by atoms with Crippen molar-refractivity contribution in [2.75, 3.05) is 13.1 Å². The second-order valence-corrected chi connectivity index (χ2v) is 7.74. The Hall–Kier alpha value is -2.16. The van der Waals surface area contributed by atoms with Crippen LogP contribution in [-0.2, 0) is 0 Å². The summed E-state index contributed by atoms with van der Waals surface area (Å²) in [5.74, 6) is 0. The number of fused-ring (bicyclic) bond motifs is 1. The van der Waals surface area contributed by atoms with Crippen LogP contribution in [0.3, 0.4) is 0 Å². The number of aryl methyl sites for hydroxylation is 1. The summed E-state index contributed by atoms with van der Waals surface area (Å²) in [7, 11) is 0. The Morgan fingerprint density at radius 1 is 0.962 bits per heavy atom. The highest BCUT2D eigenvalue weighted by atomic mass is 15.2. The first-order valence-electron chi connectivity index (χ1n) is 9.67. The molecular formula is C24H28N2. The number of hydrogen-bond donors (Lipinski definition) is 1. The van der Waals surface area contributed by atoms with Crippen molar-refractivity contribution in [1.82, 2.24) is 10.2 Å². The van der Waals surface area contributed by atoms with Crippen molar-refractivity contribution in [3.05, 3.63) is 83.4 Å². The van der Waals surface area contributed by atoms with Gasteiger partial charge in [-0.3, -0.25) is 4.90 Å². The summed E-state index contributed by atoms with van der Waals surface area (Å²) in [6, 6.07) is 25.8. The van der Waals surface area contributed by atoms with E-state index in [0.29, 0.717) is 12.1 Å². The Labute approximate surface area is 156 Å². The number of hydrogen-bond acceptors (Lipinski definition) is 2. The van der Waals surface area contributed by atoms with Gasteiger partial charge in [0.1, 0.15) is 0 Å². The summed E-state index contributed by atoms with van der Waals surface area (Å²) in [4.78, 5) is 2.68. The van der Waals surface area contributed by atoms with Crippen LogP contribution in [0.1, 0.15) is 36.6 Å². The van der Waals surface area contributed by atoms with Crippen LogP contribution >= 0.6 is 0 Å². The van der Waals surface area contributed by atoms with Crippen molar-refractivity contribution in [1.29, 1.82) is 0 Å². The lowest BCUT2D eigenvalue weighted by Gasteiger charge is -2.43. The first-order chi connectivity index (χ1) is 12.6. The molecule has 3 unspecified atom stereocenters. The van der Waals surface area contributed by atoms with E-state index < -0.39 is 0 Å². The topological polar surface area (TPSA) is 15.3 Å². The third-order valence-electron chi connectivity index (χ3n) is 5.62. The van der Waals surface area contributed by atoms with Crippen LogP contribution in [0.4, 0.5) is 0 Å². The van der Waals surface area contributed by atoms with E-state index in [9.17, 15) is 0 Å². The van der Waals surface area contributed by atoms with E-state index >= 15 is 0 Å². The molecule has 1 aliphatic heterocycles. The molecular weight excluding hydrogens is 316 g/mol. The van der Waals surface area contributed by atoms with E-state index in [-0.39, 0.29) is 6.04 Å². The van der Waals surface area contributed by atoms with E-state index in [2.05, 4.69) is 97.7 Å². The maximum atomic E-state index is 3.63. The molecule has 3 aromatic carbocycles. The van der Waals surface area contributed by atoms with Gasteiger partial charge in [-0.05, 0) is 42.7 Å². The molecule has 0 aliphatic carbocycles. The Morgan fingerprint density at radius 3 is 2.58 bits per heavy atom. The molecule has 4 rings (SSSR count). The van der Waals surface area contributed by atoms with Crippen LogP contribution < -0.4 is 5.32 Å². The SMILES string of the molecule is Cc1cccc(C(c2cccc3ccccc23)N2CC(C)NCC2C)c1. The van der Waals surface area contributed by atoms with Crippen molar-refractivity contribution in [3.63, 3.8) is 0 Å². The van der Waals surface area contributed by atoms with Gasteiger partial charge in [0, 0.05) is 25.2 Å². The molecule has 26 heavy (non-hydrogen) atoms. The van der Waals surface area contributed by atoms with Gasteiger partial charge in [-0.25, -0.2) is 0 Å². The summed E-state index contributed by atoms with van der Waals surface area (Å²) in [5.41, 5.74) is 4.13. The first kappa shape index (κ1) is 17.3. The molecule has 0 bridgehead atoms. The highest BCUT2D eigenvalue weighted by Crippen LogP contribution is 2.36. The Balaban J connectivity index is 1.90. The van der Waals surface area contributed by atoms with Crippen LogP contribution in [0.2, 0.25) is 0 Å². The van der Waals surface area contributed by atoms with Gasteiger partial charge in [-0.1, -0.05) is 72.3 Å². The van der Waals surface area contributed by atoms with Crippen molar-refractivity contribution < 1.29 is 0 Å². The predicted molar refractivity (Wildman–Crippen MR) is 111 cm³/mol. The minimum Gasteiger partial charge on any atom is -0.311 e. The molecule has 1 aliphatic rings. The lowest BCUT2D eigenvalue weighted by molar-refractivity contribution is 0.114. The zero-order chi connectivity index (χ0) is 18.1. The minimum absolute atomic E-state index is 0.278. The number of benzene rings is 3. The smallest absolute Gasteiger partial charge is 0.0611 e. The number of nitrogens with one attached hydrogen (secondary N) is 1. The van der Waals surface area contributed by atoms with Gasteiger partial charge in [-0.15, -0.1) is 0 Å². The molecule has 1 N–H and O–H groups in total. The molecule has 1 heterocycles. The summed E-state index contributed by atoms with van der Waals surface area (Å²) in [5, 5.41) is 6.31. The van der Waals surface area contributed by atoms with Crippen LogP contribution in [0.25, 0.3) is 10.8 Å². The lowest BCUT2D eigenvalue weighted by Crippen LogP contribution is -2.55. The molecule has 2 heteroatoms. The zero-order valence-corrected chi connectivity index (χ0v) is 15.9. The Kier molecular flexibility index (Phi) is 4.80. The molecule has 3 aromatic rings. The van der Waals surface area contributed by atoms with E-state index in [1.54, 1.807) is 0 Å². The normalized spacial score (nSPS) is 22.4. The third-order valence-corrected chi connectivity index (χ3v) is 5.62. The lowest BCUT2D eigenvalue weighted by atomic mass is 9.90. The van der Waals surface area contributed by atoms with Crippen molar-refractivity contribution >= 4 is 10.8 Å². The Bertz CT molecular complexity index is 896. The van der Waals surface area contributed by atoms with Crippen molar-refractivity contribution in [3.8, 4) is 0 Å². The molecule has 0 aromatic heterocycles. The van der Waals surface area contributed by atoms with Gasteiger partial charge >= 0.3 is 0 Å². The quantitative estimate of drug-likeness (QED) is 0.725. The van der Waals surface area contributed by atoms with Gasteiger partial charge in [-0.2, -0.15) is 0 Å². The van der Waals surface area contributed by atoms with Crippen LogP contribution in [0.15, 0.2) is 66.7 Å². The second kappa shape index (κ2) is 7.22. The number of nitrogens with zero attached hydrogens (tertiary/aromatic N) is 1. The van der Waals surface area contributed by atoms with E-state index in [1.165, 1.54) is 27.5 Å². The highest BCUT2D eigenvalue weighted by molar-refractivity contribution is 5.86. The fourth-order valence-corrected chi connectivity index (χ4v) is 4.29. The van der Waals surface area contributed by atoms with Gasteiger partial charge in [0.25, 0.3) is 0 Å². The number of piperazine rings is 1. The molecule has 0 spiro atoms. The van der Waals surface area contributed by atoms with Crippen LogP contribution in [0.5, 0.6) is 0 Å².